The molecule has 0 bridgehead atoms. The molecule has 1 fully saturated rings. The first-order valence-corrected chi connectivity index (χ1v) is 10.5. The molecule has 1 aliphatic rings. The maximum atomic E-state index is 12.9. The third kappa shape index (κ3) is 3.73. The van der Waals surface area contributed by atoms with E-state index >= 15 is 0 Å². The molecule has 0 saturated carbocycles. The van der Waals surface area contributed by atoms with Crippen LogP contribution in [0.25, 0.3) is 4.96 Å². The number of amides is 1. The SMILES string of the molecule is COc1ccc(CC2CCCN2C(=O)CCc2nn3c(C)nnc3s2)cc1C. The van der Waals surface area contributed by atoms with E-state index in [1.807, 2.05) is 13.0 Å². The lowest BCUT2D eigenvalue weighted by molar-refractivity contribution is -0.131. The number of ether oxygens (including phenoxy) is 1. The van der Waals surface area contributed by atoms with Gasteiger partial charge in [-0.15, -0.1) is 10.2 Å². The molecule has 1 saturated heterocycles. The number of likely N-dealkylation sites (tertiary alicyclic amines) is 1. The van der Waals surface area contributed by atoms with Gasteiger partial charge < -0.3 is 9.64 Å². The molecule has 0 radical (unpaired) electrons. The van der Waals surface area contributed by atoms with Gasteiger partial charge in [-0.3, -0.25) is 4.79 Å². The number of hydrogen-bond donors (Lipinski definition) is 0. The third-order valence-electron chi connectivity index (χ3n) is 5.37. The number of aromatic nitrogens is 4. The summed E-state index contributed by atoms with van der Waals surface area (Å²) in [5.74, 6) is 1.90. The van der Waals surface area contributed by atoms with Crippen molar-refractivity contribution in [3.05, 3.63) is 40.2 Å². The molecule has 2 aromatic heterocycles. The number of methoxy groups -OCH3 is 1. The van der Waals surface area contributed by atoms with Crippen molar-refractivity contribution in [1.82, 2.24) is 24.7 Å². The quantitative estimate of drug-likeness (QED) is 0.637. The highest BCUT2D eigenvalue weighted by atomic mass is 32.1. The van der Waals surface area contributed by atoms with Gasteiger partial charge in [-0.25, -0.2) is 0 Å². The smallest absolute Gasteiger partial charge is 0.234 e. The number of carbonyl (C=O) groups is 1. The predicted octanol–water partition coefficient (Wildman–Crippen LogP) is 2.98. The highest BCUT2D eigenvalue weighted by Gasteiger charge is 2.28. The van der Waals surface area contributed by atoms with Crippen LogP contribution in [0.4, 0.5) is 0 Å². The Kier molecular flexibility index (Phi) is 5.30. The average Bonchev–Trinajstić information content (AvgIpc) is 3.38. The lowest BCUT2D eigenvalue weighted by Crippen LogP contribution is -2.36. The van der Waals surface area contributed by atoms with Crippen LogP contribution in [0.5, 0.6) is 5.75 Å². The summed E-state index contributed by atoms with van der Waals surface area (Å²) >= 11 is 1.51. The van der Waals surface area contributed by atoms with Crippen molar-refractivity contribution in [2.75, 3.05) is 13.7 Å². The van der Waals surface area contributed by atoms with Gasteiger partial charge in [0.1, 0.15) is 10.8 Å². The number of hydrogen-bond acceptors (Lipinski definition) is 6. The zero-order valence-electron chi connectivity index (χ0n) is 16.5. The van der Waals surface area contributed by atoms with Gasteiger partial charge in [-0.05, 0) is 50.3 Å². The summed E-state index contributed by atoms with van der Waals surface area (Å²) in [6, 6.07) is 6.57. The summed E-state index contributed by atoms with van der Waals surface area (Å²) in [4.78, 5) is 15.7. The molecule has 8 heteroatoms. The van der Waals surface area contributed by atoms with E-state index in [-0.39, 0.29) is 11.9 Å². The zero-order chi connectivity index (χ0) is 19.7. The largest absolute Gasteiger partial charge is 0.496 e. The van der Waals surface area contributed by atoms with Crippen molar-refractivity contribution < 1.29 is 9.53 Å². The van der Waals surface area contributed by atoms with Gasteiger partial charge in [0.05, 0.1) is 7.11 Å². The van der Waals surface area contributed by atoms with Crippen molar-refractivity contribution in [3.63, 3.8) is 0 Å². The fraction of sp³-hybridized carbons (Fsp3) is 0.500. The maximum Gasteiger partial charge on any atom is 0.234 e. The fourth-order valence-corrected chi connectivity index (χ4v) is 4.81. The zero-order valence-corrected chi connectivity index (χ0v) is 17.3. The molecule has 4 rings (SSSR count). The molecule has 1 unspecified atom stereocenters. The first-order chi connectivity index (χ1) is 13.5. The Morgan fingerprint density at radius 3 is 2.93 bits per heavy atom. The second kappa shape index (κ2) is 7.87. The van der Waals surface area contributed by atoms with Crippen LogP contribution in [-0.2, 0) is 17.6 Å². The van der Waals surface area contributed by atoms with Crippen LogP contribution in [0.1, 0.15) is 41.2 Å². The Bertz CT molecular complexity index is 996. The normalized spacial score (nSPS) is 16.8. The van der Waals surface area contributed by atoms with E-state index in [1.165, 1.54) is 16.9 Å². The number of carbonyl (C=O) groups excluding carboxylic acids is 1. The minimum atomic E-state index is 0.218. The highest BCUT2D eigenvalue weighted by molar-refractivity contribution is 7.16. The van der Waals surface area contributed by atoms with E-state index in [2.05, 4.69) is 39.3 Å². The molecule has 0 N–H and O–H groups in total. The standard InChI is InChI=1S/C20H25N5O2S/c1-13-11-15(6-7-17(13)27-3)12-16-5-4-10-24(16)19(26)9-8-18-23-25-14(2)21-22-20(25)28-18/h6-7,11,16H,4-5,8-10,12H2,1-3H3. The number of aryl methyl sites for hydroxylation is 3. The number of benzene rings is 1. The van der Waals surface area contributed by atoms with Crippen LogP contribution >= 0.6 is 11.3 Å². The van der Waals surface area contributed by atoms with Crippen molar-refractivity contribution in [2.24, 2.45) is 0 Å². The van der Waals surface area contributed by atoms with E-state index in [9.17, 15) is 4.79 Å². The van der Waals surface area contributed by atoms with E-state index in [0.717, 1.165) is 52.9 Å². The monoisotopic (exact) mass is 399 g/mol. The molecule has 1 aromatic carbocycles. The Labute approximate surface area is 168 Å². The molecule has 3 heterocycles. The molecule has 0 aliphatic carbocycles. The van der Waals surface area contributed by atoms with Crippen LogP contribution in [-0.4, -0.2) is 50.3 Å². The molecule has 1 amide bonds. The molecule has 0 spiro atoms. The molecular formula is C20H25N5O2S. The Balaban J connectivity index is 1.38. The predicted molar refractivity (Wildman–Crippen MR) is 108 cm³/mol. The van der Waals surface area contributed by atoms with Gasteiger partial charge in [0.2, 0.25) is 10.9 Å². The Morgan fingerprint density at radius 1 is 1.32 bits per heavy atom. The molecule has 1 aliphatic heterocycles. The van der Waals surface area contributed by atoms with Gasteiger partial charge in [0.15, 0.2) is 5.82 Å². The van der Waals surface area contributed by atoms with E-state index < -0.39 is 0 Å². The summed E-state index contributed by atoms with van der Waals surface area (Å²) in [7, 11) is 1.69. The molecule has 1 atom stereocenters. The lowest BCUT2D eigenvalue weighted by atomic mass is 10.0. The first kappa shape index (κ1) is 18.9. The minimum Gasteiger partial charge on any atom is -0.496 e. The van der Waals surface area contributed by atoms with E-state index in [0.29, 0.717) is 12.8 Å². The van der Waals surface area contributed by atoms with Crippen LogP contribution in [0.15, 0.2) is 18.2 Å². The van der Waals surface area contributed by atoms with Crippen molar-refractivity contribution in [1.29, 1.82) is 0 Å². The van der Waals surface area contributed by atoms with Crippen LogP contribution < -0.4 is 4.74 Å². The molecule has 28 heavy (non-hydrogen) atoms. The Hall–Kier alpha value is -2.48. The second-order valence-electron chi connectivity index (χ2n) is 7.33. The maximum absolute atomic E-state index is 12.9. The Morgan fingerprint density at radius 2 is 2.18 bits per heavy atom. The van der Waals surface area contributed by atoms with Gasteiger partial charge in [-0.1, -0.05) is 23.5 Å². The molecule has 7 nitrogen and oxygen atoms in total. The van der Waals surface area contributed by atoms with Gasteiger partial charge in [0, 0.05) is 25.4 Å². The third-order valence-corrected chi connectivity index (χ3v) is 6.33. The minimum absolute atomic E-state index is 0.218. The lowest BCUT2D eigenvalue weighted by Gasteiger charge is -2.25. The second-order valence-corrected chi connectivity index (χ2v) is 8.37. The summed E-state index contributed by atoms with van der Waals surface area (Å²) in [6.45, 7) is 4.79. The molecule has 148 valence electrons. The fourth-order valence-electron chi connectivity index (χ4n) is 3.93. The summed E-state index contributed by atoms with van der Waals surface area (Å²) in [5, 5.41) is 13.5. The number of fused-ring (bicyclic) bond motifs is 1. The van der Waals surface area contributed by atoms with E-state index in [4.69, 9.17) is 4.74 Å². The van der Waals surface area contributed by atoms with Crippen molar-refractivity contribution >= 4 is 22.2 Å². The number of nitrogens with zero attached hydrogens (tertiary/aromatic N) is 5. The van der Waals surface area contributed by atoms with Crippen LogP contribution in [0.3, 0.4) is 0 Å². The van der Waals surface area contributed by atoms with Crippen molar-refractivity contribution in [3.8, 4) is 5.75 Å². The summed E-state index contributed by atoms with van der Waals surface area (Å²) in [6.07, 6.45) is 4.17. The highest BCUT2D eigenvalue weighted by Crippen LogP contribution is 2.25. The molecule has 3 aromatic rings. The molecular weight excluding hydrogens is 374 g/mol. The topological polar surface area (TPSA) is 72.6 Å². The average molecular weight is 400 g/mol. The first-order valence-electron chi connectivity index (χ1n) is 9.66. The number of rotatable bonds is 6. The van der Waals surface area contributed by atoms with Crippen LogP contribution in [0, 0.1) is 13.8 Å². The van der Waals surface area contributed by atoms with Gasteiger partial charge >= 0.3 is 0 Å². The summed E-state index contributed by atoms with van der Waals surface area (Å²) < 4.78 is 7.09. The van der Waals surface area contributed by atoms with Gasteiger partial charge in [-0.2, -0.15) is 9.61 Å². The van der Waals surface area contributed by atoms with Gasteiger partial charge in [0.25, 0.3) is 0 Å². The van der Waals surface area contributed by atoms with Crippen LogP contribution in [0.2, 0.25) is 0 Å². The van der Waals surface area contributed by atoms with E-state index in [1.54, 1.807) is 11.6 Å². The van der Waals surface area contributed by atoms with Crippen molar-refractivity contribution in [2.45, 2.75) is 52.0 Å². The summed E-state index contributed by atoms with van der Waals surface area (Å²) in [5.41, 5.74) is 2.39.